The number of carbonyl (C=O) groups is 2. The quantitative estimate of drug-likeness (QED) is 0.592. The van der Waals surface area contributed by atoms with Crippen molar-refractivity contribution in [3.8, 4) is 0 Å². The lowest BCUT2D eigenvalue weighted by Crippen LogP contribution is -2.40. The van der Waals surface area contributed by atoms with Crippen LogP contribution in [0.25, 0.3) is 0 Å². The summed E-state index contributed by atoms with van der Waals surface area (Å²) in [6.45, 7) is 6.28. The molecular weight excluding hydrogens is 292 g/mol. The zero-order chi connectivity index (χ0) is 17.2. The molecule has 0 fully saturated rings. The van der Waals surface area contributed by atoms with Gasteiger partial charge in [0.1, 0.15) is 0 Å². The Hall–Kier alpha value is -2.08. The Balaban J connectivity index is 2.67. The van der Waals surface area contributed by atoms with Crippen molar-refractivity contribution in [1.82, 2.24) is 10.6 Å². The number of nitrogens with one attached hydrogen (secondary N) is 3. The van der Waals surface area contributed by atoms with Crippen molar-refractivity contribution in [2.24, 2.45) is 5.73 Å². The summed E-state index contributed by atoms with van der Waals surface area (Å²) in [7, 11) is 0. The summed E-state index contributed by atoms with van der Waals surface area (Å²) in [6.07, 6.45) is 2.96. The van der Waals surface area contributed by atoms with Crippen molar-refractivity contribution in [2.45, 2.75) is 52.1 Å². The molecule has 23 heavy (non-hydrogen) atoms. The van der Waals surface area contributed by atoms with Gasteiger partial charge in [-0.25, -0.2) is 4.79 Å². The predicted molar refractivity (Wildman–Crippen MR) is 93.6 cm³/mol. The van der Waals surface area contributed by atoms with Crippen molar-refractivity contribution in [3.05, 3.63) is 29.8 Å². The fourth-order valence-corrected chi connectivity index (χ4v) is 2.14. The van der Waals surface area contributed by atoms with E-state index in [1.807, 2.05) is 13.8 Å². The SMILES string of the molecule is CCCCC(CN)NC(=O)c1cccc(NC(=O)NC(C)C)c1. The van der Waals surface area contributed by atoms with Crippen LogP contribution in [0.15, 0.2) is 24.3 Å². The van der Waals surface area contributed by atoms with Gasteiger partial charge in [0, 0.05) is 29.9 Å². The first-order chi connectivity index (χ1) is 11.0. The van der Waals surface area contributed by atoms with E-state index >= 15 is 0 Å². The summed E-state index contributed by atoms with van der Waals surface area (Å²) in [5.74, 6) is -0.176. The first kappa shape index (κ1) is 19.0. The maximum absolute atomic E-state index is 12.3. The van der Waals surface area contributed by atoms with Gasteiger partial charge in [-0.1, -0.05) is 25.8 Å². The summed E-state index contributed by atoms with van der Waals surface area (Å²) < 4.78 is 0. The molecule has 1 rings (SSSR count). The van der Waals surface area contributed by atoms with Crippen LogP contribution >= 0.6 is 0 Å². The van der Waals surface area contributed by atoms with Gasteiger partial charge in [-0.2, -0.15) is 0 Å². The third kappa shape index (κ3) is 7.15. The van der Waals surface area contributed by atoms with Crippen molar-refractivity contribution in [1.29, 1.82) is 0 Å². The van der Waals surface area contributed by atoms with Crippen LogP contribution in [0.3, 0.4) is 0 Å². The third-order valence-electron chi connectivity index (χ3n) is 3.33. The van der Waals surface area contributed by atoms with E-state index in [0.717, 1.165) is 19.3 Å². The average molecular weight is 320 g/mol. The maximum atomic E-state index is 12.3. The molecule has 0 saturated heterocycles. The summed E-state index contributed by atoms with van der Waals surface area (Å²) in [5, 5.41) is 8.39. The van der Waals surface area contributed by atoms with Crippen LogP contribution in [0.5, 0.6) is 0 Å². The molecule has 1 unspecified atom stereocenters. The molecule has 128 valence electrons. The van der Waals surface area contributed by atoms with E-state index in [1.54, 1.807) is 24.3 Å². The van der Waals surface area contributed by atoms with Crippen LogP contribution in [-0.4, -0.2) is 30.6 Å². The van der Waals surface area contributed by atoms with Crippen molar-refractivity contribution in [2.75, 3.05) is 11.9 Å². The molecule has 3 amide bonds. The second kappa shape index (κ2) is 9.84. The Labute approximate surface area is 138 Å². The summed E-state index contributed by atoms with van der Waals surface area (Å²) >= 11 is 0. The van der Waals surface area contributed by atoms with Gasteiger partial charge in [-0.3, -0.25) is 4.79 Å². The Morgan fingerprint density at radius 2 is 1.96 bits per heavy atom. The normalized spacial score (nSPS) is 11.9. The average Bonchev–Trinajstić information content (AvgIpc) is 2.50. The second-order valence-corrected chi connectivity index (χ2v) is 5.88. The number of unbranched alkanes of at least 4 members (excludes halogenated alkanes) is 1. The molecule has 6 heteroatoms. The summed E-state index contributed by atoms with van der Waals surface area (Å²) in [4.78, 5) is 24.0. The van der Waals surface area contributed by atoms with Crippen molar-refractivity contribution in [3.63, 3.8) is 0 Å². The van der Waals surface area contributed by atoms with E-state index in [4.69, 9.17) is 5.73 Å². The Kier molecular flexibility index (Phi) is 8.11. The first-order valence-corrected chi connectivity index (χ1v) is 8.14. The lowest BCUT2D eigenvalue weighted by atomic mass is 10.1. The highest BCUT2D eigenvalue weighted by atomic mass is 16.2. The van der Waals surface area contributed by atoms with Crippen molar-refractivity contribution >= 4 is 17.6 Å². The molecule has 0 aliphatic rings. The zero-order valence-electron chi connectivity index (χ0n) is 14.2. The highest BCUT2D eigenvalue weighted by molar-refractivity contribution is 5.97. The van der Waals surface area contributed by atoms with E-state index in [1.165, 1.54) is 0 Å². The van der Waals surface area contributed by atoms with Crippen LogP contribution in [-0.2, 0) is 0 Å². The van der Waals surface area contributed by atoms with Gasteiger partial charge in [-0.05, 0) is 38.5 Å². The molecule has 5 N–H and O–H groups in total. The van der Waals surface area contributed by atoms with Crippen molar-refractivity contribution < 1.29 is 9.59 Å². The van der Waals surface area contributed by atoms with Gasteiger partial charge in [0.15, 0.2) is 0 Å². The highest BCUT2D eigenvalue weighted by Gasteiger charge is 2.13. The lowest BCUT2D eigenvalue weighted by molar-refractivity contribution is 0.0935. The van der Waals surface area contributed by atoms with Gasteiger partial charge < -0.3 is 21.7 Å². The number of hydrogen-bond acceptors (Lipinski definition) is 3. The molecule has 0 aliphatic carbocycles. The Morgan fingerprint density at radius 1 is 1.22 bits per heavy atom. The molecule has 0 aliphatic heterocycles. The third-order valence-corrected chi connectivity index (χ3v) is 3.33. The highest BCUT2D eigenvalue weighted by Crippen LogP contribution is 2.11. The van der Waals surface area contributed by atoms with Crippen LogP contribution in [0.2, 0.25) is 0 Å². The van der Waals surface area contributed by atoms with Gasteiger partial charge in [0.25, 0.3) is 5.91 Å². The molecular formula is C17H28N4O2. The Morgan fingerprint density at radius 3 is 2.57 bits per heavy atom. The number of urea groups is 1. The molecule has 6 nitrogen and oxygen atoms in total. The monoisotopic (exact) mass is 320 g/mol. The number of benzene rings is 1. The zero-order valence-corrected chi connectivity index (χ0v) is 14.2. The minimum absolute atomic E-state index is 0.0247. The number of amides is 3. The van der Waals surface area contributed by atoms with E-state index in [0.29, 0.717) is 17.8 Å². The molecule has 1 aromatic carbocycles. The van der Waals surface area contributed by atoms with E-state index in [9.17, 15) is 9.59 Å². The molecule has 0 saturated carbocycles. The lowest BCUT2D eigenvalue weighted by Gasteiger charge is -2.17. The molecule has 0 heterocycles. The van der Waals surface area contributed by atoms with E-state index < -0.39 is 0 Å². The topological polar surface area (TPSA) is 96.2 Å². The van der Waals surface area contributed by atoms with E-state index in [-0.39, 0.29) is 24.0 Å². The van der Waals surface area contributed by atoms with E-state index in [2.05, 4.69) is 22.9 Å². The van der Waals surface area contributed by atoms with Gasteiger partial charge in [0.05, 0.1) is 0 Å². The second-order valence-electron chi connectivity index (χ2n) is 5.88. The Bertz CT molecular complexity index is 517. The largest absolute Gasteiger partial charge is 0.348 e. The number of hydrogen-bond donors (Lipinski definition) is 4. The number of nitrogens with two attached hydrogens (primary N) is 1. The fraction of sp³-hybridized carbons (Fsp3) is 0.529. The fourth-order valence-electron chi connectivity index (χ4n) is 2.14. The minimum Gasteiger partial charge on any atom is -0.348 e. The van der Waals surface area contributed by atoms with Gasteiger partial charge >= 0.3 is 6.03 Å². The minimum atomic E-state index is -0.291. The molecule has 0 radical (unpaired) electrons. The van der Waals surface area contributed by atoms with Crippen LogP contribution in [0, 0.1) is 0 Å². The van der Waals surface area contributed by atoms with Crippen LogP contribution in [0.4, 0.5) is 10.5 Å². The standard InChI is InChI=1S/C17H28N4O2/c1-4-5-8-15(11-18)20-16(22)13-7-6-9-14(10-13)21-17(23)19-12(2)3/h6-7,9-10,12,15H,4-5,8,11,18H2,1-3H3,(H,20,22)(H2,19,21,23). The predicted octanol–water partition coefficient (Wildman–Crippen LogP) is 2.46. The van der Waals surface area contributed by atoms with Crippen LogP contribution in [0.1, 0.15) is 50.4 Å². The number of carbonyl (C=O) groups excluding carboxylic acids is 2. The molecule has 1 atom stereocenters. The smallest absolute Gasteiger partial charge is 0.319 e. The number of anilines is 1. The summed E-state index contributed by atoms with van der Waals surface area (Å²) in [6, 6.07) is 6.59. The van der Waals surface area contributed by atoms with Gasteiger partial charge in [0.2, 0.25) is 0 Å². The number of rotatable bonds is 8. The van der Waals surface area contributed by atoms with Crippen LogP contribution < -0.4 is 21.7 Å². The summed E-state index contributed by atoms with van der Waals surface area (Å²) in [5.41, 5.74) is 6.78. The first-order valence-electron chi connectivity index (χ1n) is 8.14. The maximum Gasteiger partial charge on any atom is 0.319 e. The molecule has 0 spiro atoms. The molecule has 0 aromatic heterocycles. The molecule has 0 bridgehead atoms. The molecule has 1 aromatic rings. The van der Waals surface area contributed by atoms with Gasteiger partial charge in [-0.15, -0.1) is 0 Å².